The molecule has 72 valence electrons. The molecule has 3 rings (SSSR count). The van der Waals surface area contributed by atoms with Gasteiger partial charge in [0.1, 0.15) is 6.33 Å². The fourth-order valence-electron chi connectivity index (χ4n) is 1.70. The van der Waals surface area contributed by atoms with E-state index < -0.39 is 0 Å². The second kappa shape index (κ2) is 2.78. The largest absolute Gasteiger partial charge is 0.388 e. The van der Waals surface area contributed by atoms with Crippen molar-refractivity contribution in [2.24, 2.45) is 5.92 Å². The van der Waals surface area contributed by atoms with Crippen molar-refractivity contribution in [2.45, 2.75) is 18.9 Å². The predicted octanol–water partition coefficient (Wildman–Crippen LogP) is 1.17. The highest BCUT2D eigenvalue weighted by atomic mass is 16.3. The third-order valence-electron chi connectivity index (χ3n) is 2.73. The van der Waals surface area contributed by atoms with E-state index >= 15 is 0 Å². The molecule has 1 aliphatic rings. The maximum atomic E-state index is 9.90. The zero-order chi connectivity index (χ0) is 9.54. The molecule has 2 aromatic heterocycles. The zero-order valence-corrected chi connectivity index (χ0v) is 7.67. The van der Waals surface area contributed by atoms with Crippen molar-refractivity contribution in [3.05, 3.63) is 30.2 Å². The summed E-state index contributed by atoms with van der Waals surface area (Å²) in [5.74, 6) is 0.459. The van der Waals surface area contributed by atoms with Crippen LogP contribution in [0.2, 0.25) is 0 Å². The minimum absolute atomic E-state index is 0.323. The first-order chi connectivity index (χ1) is 6.84. The van der Waals surface area contributed by atoms with Crippen LogP contribution in [0.15, 0.2) is 24.7 Å². The Labute approximate surface area is 81.2 Å². The molecule has 0 spiro atoms. The maximum Gasteiger partial charge on any atom is 0.160 e. The SMILES string of the molecule is OC(c1ccn2cnnc2c1)C1CC1. The molecule has 0 amide bonds. The topological polar surface area (TPSA) is 50.4 Å². The van der Waals surface area contributed by atoms with Crippen molar-refractivity contribution in [1.29, 1.82) is 0 Å². The lowest BCUT2D eigenvalue weighted by molar-refractivity contribution is 0.154. The van der Waals surface area contributed by atoms with Crippen molar-refractivity contribution >= 4 is 5.65 Å². The maximum absolute atomic E-state index is 9.90. The van der Waals surface area contributed by atoms with Gasteiger partial charge < -0.3 is 5.11 Å². The first kappa shape index (κ1) is 7.94. The highest BCUT2D eigenvalue weighted by Gasteiger charge is 2.30. The number of nitrogens with zero attached hydrogens (tertiary/aromatic N) is 3. The Morgan fingerprint density at radius 2 is 2.36 bits per heavy atom. The molecular formula is C10H11N3O. The number of aromatic nitrogens is 3. The van der Waals surface area contributed by atoms with E-state index in [1.807, 2.05) is 22.7 Å². The monoisotopic (exact) mass is 189 g/mol. The molecule has 1 aliphatic carbocycles. The summed E-state index contributed by atoms with van der Waals surface area (Å²) in [6.45, 7) is 0. The Bertz CT molecular complexity index is 461. The average Bonchev–Trinajstić information content (AvgIpc) is 2.95. The first-order valence-electron chi connectivity index (χ1n) is 4.82. The molecule has 4 nitrogen and oxygen atoms in total. The predicted molar refractivity (Wildman–Crippen MR) is 50.7 cm³/mol. The fraction of sp³-hybridized carbons (Fsp3) is 0.400. The molecule has 0 aromatic carbocycles. The van der Waals surface area contributed by atoms with Gasteiger partial charge in [-0.1, -0.05) is 0 Å². The van der Waals surface area contributed by atoms with Crippen molar-refractivity contribution in [2.75, 3.05) is 0 Å². The minimum atomic E-state index is -0.323. The Morgan fingerprint density at radius 3 is 3.14 bits per heavy atom. The Balaban J connectivity index is 2.03. The van der Waals surface area contributed by atoms with E-state index in [-0.39, 0.29) is 6.10 Å². The van der Waals surface area contributed by atoms with Crippen LogP contribution in [0, 0.1) is 5.92 Å². The van der Waals surface area contributed by atoms with Gasteiger partial charge in [-0.15, -0.1) is 10.2 Å². The molecule has 1 saturated carbocycles. The van der Waals surface area contributed by atoms with Gasteiger partial charge in [-0.25, -0.2) is 0 Å². The lowest BCUT2D eigenvalue weighted by Crippen LogP contribution is -2.00. The summed E-state index contributed by atoms with van der Waals surface area (Å²) in [6, 6.07) is 3.83. The van der Waals surface area contributed by atoms with E-state index in [1.165, 1.54) is 0 Å². The highest BCUT2D eigenvalue weighted by Crippen LogP contribution is 2.40. The summed E-state index contributed by atoms with van der Waals surface area (Å²) in [4.78, 5) is 0. The lowest BCUT2D eigenvalue weighted by Gasteiger charge is -2.08. The van der Waals surface area contributed by atoms with Gasteiger partial charge in [-0.3, -0.25) is 4.40 Å². The van der Waals surface area contributed by atoms with E-state index in [1.54, 1.807) is 6.33 Å². The van der Waals surface area contributed by atoms with Crippen LogP contribution < -0.4 is 0 Å². The summed E-state index contributed by atoms with van der Waals surface area (Å²) < 4.78 is 1.84. The standard InChI is InChI=1S/C10H11N3O/c14-10(7-1-2-7)8-3-4-13-6-11-12-9(13)5-8/h3-7,10,14H,1-2H2. The molecule has 1 unspecified atom stereocenters. The van der Waals surface area contributed by atoms with Crippen LogP contribution in [0.1, 0.15) is 24.5 Å². The van der Waals surface area contributed by atoms with Crippen LogP contribution in [0.3, 0.4) is 0 Å². The minimum Gasteiger partial charge on any atom is -0.388 e. The first-order valence-corrected chi connectivity index (χ1v) is 4.82. The van der Waals surface area contributed by atoms with Gasteiger partial charge in [0.2, 0.25) is 0 Å². The molecule has 14 heavy (non-hydrogen) atoms. The average molecular weight is 189 g/mol. The molecule has 1 N–H and O–H groups in total. The van der Waals surface area contributed by atoms with E-state index in [9.17, 15) is 5.11 Å². The van der Waals surface area contributed by atoms with E-state index in [4.69, 9.17) is 0 Å². The summed E-state index contributed by atoms with van der Waals surface area (Å²) in [5.41, 5.74) is 1.75. The molecule has 2 aromatic rings. The van der Waals surface area contributed by atoms with Crippen molar-refractivity contribution in [1.82, 2.24) is 14.6 Å². The lowest BCUT2D eigenvalue weighted by atomic mass is 10.1. The molecule has 0 radical (unpaired) electrons. The summed E-state index contributed by atoms with van der Waals surface area (Å²) in [6.07, 6.45) is 5.49. The number of aliphatic hydroxyl groups is 1. The second-order valence-electron chi connectivity index (χ2n) is 3.84. The van der Waals surface area contributed by atoms with Crippen LogP contribution in [-0.2, 0) is 0 Å². The molecule has 2 heterocycles. The summed E-state index contributed by atoms with van der Waals surface area (Å²) >= 11 is 0. The second-order valence-corrected chi connectivity index (χ2v) is 3.84. The Morgan fingerprint density at radius 1 is 1.50 bits per heavy atom. The molecular weight excluding hydrogens is 178 g/mol. The van der Waals surface area contributed by atoms with E-state index in [2.05, 4.69) is 10.2 Å². The quantitative estimate of drug-likeness (QED) is 0.771. The van der Waals surface area contributed by atoms with Crippen molar-refractivity contribution in [3.63, 3.8) is 0 Å². The molecule has 1 atom stereocenters. The number of fused-ring (bicyclic) bond motifs is 1. The Kier molecular flexibility index (Phi) is 1.58. The molecule has 1 fully saturated rings. The van der Waals surface area contributed by atoms with Gasteiger partial charge in [0.25, 0.3) is 0 Å². The molecule has 0 aliphatic heterocycles. The summed E-state index contributed by atoms with van der Waals surface area (Å²) in [7, 11) is 0. The number of hydrogen-bond acceptors (Lipinski definition) is 3. The normalized spacial score (nSPS) is 18.6. The number of pyridine rings is 1. The smallest absolute Gasteiger partial charge is 0.160 e. The number of aliphatic hydroxyl groups excluding tert-OH is 1. The van der Waals surface area contributed by atoms with Crippen molar-refractivity contribution in [3.8, 4) is 0 Å². The number of hydrogen-bond donors (Lipinski definition) is 1. The van der Waals surface area contributed by atoms with Crippen LogP contribution in [0.25, 0.3) is 5.65 Å². The van der Waals surface area contributed by atoms with Crippen LogP contribution in [0.4, 0.5) is 0 Å². The molecule has 4 heteroatoms. The van der Waals surface area contributed by atoms with E-state index in [0.717, 1.165) is 24.1 Å². The fourth-order valence-corrected chi connectivity index (χ4v) is 1.70. The highest BCUT2D eigenvalue weighted by molar-refractivity contribution is 5.40. The summed E-state index contributed by atoms with van der Waals surface area (Å²) in [5, 5.41) is 17.6. The molecule has 0 saturated heterocycles. The third kappa shape index (κ3) is 1.19. The van der Waals surface area contributed by atoms with Gasteiger partial charge in [0.05, 0.1) is 6.10 Å². The van der Waals surface area contributed by atoms with E-state index in [0.29, 0.717) is 5.92 Å². The van der Waals surface area contributed by atoms with Crippen LogP contribution in [-0.4, -0.2) is 19.7 Å². The van der Waals surface area contributed by atoms with Gasteiger partial charge in [-0.05, 0) is 36.5 Å². The van der Waals surface area contributed by atoms with Gasteiger partial charge in [-0.2, -0.15) is 0 Å². The third-order valence-corrected chi connectivity index (χ3v) is 2.73. The zero-order valence-electron chi connectivity index (χ0n) is 7.67. The molecule has 0 bridgehead atoms. The van der Waals surface area contributed by atoms with Crippen LogP contribution >= 0.6 is 0 Å². The van der Waals surface area contributed by atoms with Gasteiger partial charge >= 0.3 is 0 Å². The Hall–Kier alpha value is -1.42. The number of rotatable bonds is 2. The van der Waals surface area contributed by atoms with Gasteiger partial charge in [0.15, 0.2) is 5.65 Å². The van der Waals surface area contributed by atoms with Crippen molar-refractivity contribution < 1.29 is 5.11 Å². The van der Waals surface area contributed by atoms with Gasteiger partial charge in [0, 0.05) is 6.20 Å². The van der Waals surface area contributed by atoms with Crippen LogP contribution in [0.5, 0.6) is 0 Å².